The van der Waals surface area contributed by atoms with Crippen molar-refractivity contribution in [2.75, 3.05) is 23.3 Å². The Morgan fingerprint density at radius 3 is 2.71 bits per heavy atom. The number of hydrogen-bond acceptors (Lipinski definition) is 5. The Labute approximate surface area is 98.2 Å². The number of sulfonamides is 1. The van der Waals surface area contributed by atoms with Crippen LogP contribution in [0.25, 0.3) is 0 Å². The summed E-state index contributed by atoms with van der Waals surface area (Å²) >= 11 is 0. The number of nitrogens with one attached hydrogen (secondary N) is 1. The molecule has 0 saturated heterocycles. The molecule has 0 aromatic heterocycles. The van der Waals surface area contributed by atoms with Crippen LogP contribution in [-0.4, -0.2) is 32.4 Å². The maximum absolute atomic E-state index is 11.3. The molecule has 1 aromatic rings. The first-order valence-corrected chi connectivity index (χ1v) is 6.15. The summed E-state index contributed by atoms with van der Waals surface area (Å²) in [5.41, 5.74) is 6.10. The lowest BCUT2D eigenvalue weighted by molar-refractivity contribution is -0.134. The Morgan fingerprint density at radius 1 is 1.53 bits per heavy atom. The lowest BCUT2D eigenvalue weighted by atomic mass is 10.3. The molecule has 0 heterocycles. The van der Waals surface area contributed by atoms with Crippen LogP contribution in [0.3, 0.4) is 0 Å². The summed E-state index contributed by atoms with van der Waals surface area (Å²) in [5, 5.41) is 8.41. The lowest BCUT2D eigenvalue weighted by Crippen LogP contribution is -2.22. The molecule has 0 atom stereocenters. The first kappa shape index (κ1) is 13.1. The second kappa shape index (κ2) is 4.91. The Hall–Kier alpha value is -1.96. The van der Waals surface area contributed by atoms with E-state index in [1.165, 1.54) is 25.3 Å². The largest absolute Gasteiger partial charge is 0.495 e. The van der Waals surface area contributed by atoms with Crippen molar-refractivity contribution in [1.29, 1.82) is 0 Å². The van der Waals surface area contributed by atoms with Crippen molar-refractivity contribution in [1.82, 2.24) is 0 Å². The fourth-order valence-corrected chi connectivity index (χ4v) is 2.04. The maximum Gasteiger partial charge on any atom is 0.320 e. The molecule has 17 heavy (non-hydrogen) atoms. The summed E-state index contributed by atoms with van der Waals surface area (Å²) in [5.74, 6) is -2.12. The summed E-state index contributed by atoms with van der Waals surface area (Å²) in [6.45, 7) is 0. The fraction of sp³-hybridized carbons (Fsp3) is 0.222. The zero-order chi connectivity index (χ0) is 13.1. The van der Waals surface area contributed by atoms with E-state index in [1.54, 1.807) is 0 Å². The number of carboxylic acids is 1. The average Bonchev–Trinajstić information content (AvgIpc) is 2.18. The molecule has 0 aliphatic rings. The number of anilines is 2. The Morgan fingerprint density at radius 2 is 2.18 bits per heavy atom. The van der Waals surface area contributed by atoms with Crippen LogP contribution >= 0.6 is 0 Å². The summed E-state index contributed by atoms with van der Waals surface area (Å²) in [6.07, 6.45) is 0. The number of methoxy groups -OCH3 is 1. The SMILES string of the molecule is COc1cc(NS(=O)(=O)CC(=O)O)ccc1N. The molecule has 0 saturated carbocycles. The molecule has 0 fully saturated rings. The number of rotatable bonds is 5. The number of benzene rings is 1. The van der Waals surface area contributed by atoms with E-state index < -0.39 is 21.7 Å². The maximum atomic E-state index is 11.3. The van der Waals surface area contributed by atoms with E-state index >= 15 is 0 Å². The highest BCUT2D eigenvalue weighted by Gasteiger charge is 2.16. The summed E-state index contributed by atoms with van der Waals surface area (Å²) < 4.78 is 29.7. The number of nitrogens with two attached hydrogens (primary N) is 1. The molecule has 0 aliphatic heterocycles. The molecule has 0 aliphatic carbocycles. The quantitative estimate of drug-likeness (QED) is 0.646. The molecule has 1 rings (SSSR count). The third-order valence-corrected chi connectivity index (χ3v) is 2.99. The first-order valence-electron chi connectivity index (χ1n) is 4.50. The van der Waals surface area contributed by atoms with Crippen LogP contribution in [-0.2, 0) is 14.8 Å². The predicted molar refractivity (Wildman–Crippen MR) is 62.5 cm³/mol. The van der Waals surface area contributed by atoms with Gasteiger partial charge in [0.1, 0.15) is 5.75 Å². The molecule has 7 nitrogen and oxygen atoms in total. The number of ether oxygens (including phenoxy) is 1. The van der Waals surface area contributed by atoms with Crippen LogP contribution in [0.15, 0.2) is 18.2 Å². The molecule has 4 N–H and O–H groups in total. The first-order chi connectivity index (χ1) is 7.84. The number of carbonyl (C=O) groups is 1. The van der Waals surface area contributed by atoms with Crippen molar-refractivity contribution in [2.45, 2.75) is 0 Å². The Balaban J connectivity index is 2.92. The van der Waals surface area contributed by atoms with Gasteiger partial charge < -0.3 is 15.6 Å². The molecule has 0 radical (unpaired) electrons. The molecule has 0 amide bonds. The third kappa shape index (κ3) is 3.83. The molecule has 8 heteroatoms. The van der Waals surface area contributed by atoms with Gasteiger partial charge in [-0.1, -0.05) is 0 Å². The van der Waals surface area contributed by atoms with Crippen LogP contribution in [0.2, 0.25) is 0 Å². The molecule has 0 spiro atoms. The van der Waals surface area contributed by atoms with Crippen molar-refractivity contribution in [3.63, 3.8) is 0 Å². The van der Waals surface area contributed by atoms with Crippen LogP contribution in [0, 0.1) is 0 Å². The van der Waals surface area contributed by atoms with Crippen molar-refractivity contribution in [3.05, 3.63) is 18.2 Å². The second-order valence-electron chi connectivity index (χ2n) is 3.21. The minimum absolute atomic E-state index is 0.192. The van der Waals surface area contributed by atoms with Gasteiger partial charge in [-0.25, -0.2) is 8.42 Å². The monoisotopic (exact) mass is 260 g/mol. The van der Waals surface area contributed by atoms with Gasteiger partial charge in [0.25, 0.3) is 0 Å². The topological polar surface area (TPSA) is 119 Å². The van der Waals surface area contributed by atoms with Crippen LogP contribution in [0.4, 0.5) is 11.4 Å². The molecule has 1 aromatic carbocycles. The zero-order valence-corrected chi connectivity index (χ0v) is 9.82. The smallest absolute Gasteiger partial charge is 0.320 e. The standard InChI is InChI=1S/C9H12N2O5S/c1-16-8-4-6(2-3-7(8)10)11-17(14,15)5-9(12)13/h2-4,11H,5,10H2,1H3,(H,12,13). The van der Waals surface area contributed by atoms with Gasteiger partial charge in [0.2, 0.25) is 10.0 Å². The highest BCUT2D eigenvalue weighted by molar-refractivity contribution is 7.93. The van der Waals surface area contributed by atoms with Gasteiger partial charge in [-0.15, -0.1) is 0 Å². The minimum Gasteiger partial charge on any atom is -0.495 e. The number of aliphatic carboxylic acids is 1. The second-order valence-corrected chi connectivity index (χ2v) is 4.93. The lowest BCUT2D eigenvalue weighted by Gasteiger charge is -2.09. The number of hydrogen-bond donors (Lipinski definition) is 3. The average molecular weight is 260 g/mol. The van der Waals surface area contributed by atoms with E-state index in [2.05, 4.69) is 4.72 Å². The molecule has 0 bridgehead atoms. The van der Waals surface area contributed by atoms with Gasteiger partial charge in [-0.2, -0.15) is 0 Å². The van der Waals surface area contributed by atoms with E-state index in [-0.39, 0.29) is 5.69 Å². The van der Waals surface area contributed by atoms with E-state index in [9.17, 15) is 13.2 Å². The predicted octanol–water partition coefficient (Wildman–Crippen LogP) is 0.104. The zero-order valence-electron chi connectivity index (χ0n) is 9.00. The summed E-state index contributed by atoms with van der Waals surface area (Å²) in [6, 6.07) is 4.24. The van der Waals surface area contributed by atoms with Crippen molar-refractivity contribution < 1.29 is 23.1 Å². The molecule has 0 unspecified atom stereocenters. The highest BCUT2D eigenvalue weighted by Crippen LogP contribution is 2.25. The van der Waals surface area contributed by atoms with Crippen LogP contribution < -0.4 is 15.2 Å². The van der Waals surface area contributed by atoms with Gasteiger partial charge >= 0.3 is 5.97 Å². The van der Waals surface area contributed by atoms with Crippen molar-refractivity contribution in [2.24, 2.45) is 0 Å². The molecular weight excluding hydrogens is 248 g/mol. The van der Waals surface area contributed by atoms with Gasteiger partial charge in [-0.05, 0) is 12.1 Å². The van der Waals surface area contributed by atoms with E-state index in [0.717, 1.165) is 0 Å². The van der Waals surface area contributed by atoms with Crippen molar-refractivity contribution >= 4 is 27.4 Å². The number of nitrogen functional groups attached to an aromatic ring is 1. The summed E-state index contributed by atoms with van der Waals surface area (Å²) in [7, 11) is -2.53. The number of carboxylic acid groups (broad SMARTS) is 1. The van der Waals surface area contributed by atoms with E-state index in [4.69, 9.17) is 15.6 Å². The minimum atomic E-state index is -3.92. The van der Waals surface area contributed by atoms with Crippen LogP contribution in [0.1, 0.15) is 0 Å². The van der Waals surface area contributed by atoms with Gasteiger partial charge in [0.05, 0.1) is 18.5 Å². The highest BCUT2D eigenvalue weighted by atomic mass is 32.2. The molecule has 94 valence electrons. The molecular formula is C9H12N2O5S. The van der Waals surface area contributed by atoms with E-state index in [1.807, 2.05) is 0 Å². The van der Waals surface area contributed by atoms with Crippen LogP contribution in [0.5, 0.6) is 5.75 Å². The van der Waals surface area contributed by atoms with Gasteiger partial charge in [0.15, 0.2) is 5.75 Å². The van der Waals surface area contributed by atoms with Crippen molar-refractivity contribution in [3.8, 4) is 5.75 Å². The van der Waals surface area contributed by atoms with Gasteiger partial charge in [-0.3, -0.25) is 9.52 Å². The van der Waals surface area contributed by atoms with Gasteiger partial charge in [0, 0.05) is 6.07 Å². The normalized spacial score (nSPS) is 10.9. The Bertz CT molecular complexity index is 526. The Kier molecular flexibility index (Phi) is 3.79. The van der Waals surface area contributed by atoms with E-state index in [0.29, 0.717) is 11.4 Å². The fourth-order valence-electron chi connectivity index (χ4n) is 1.15. The third-order valence-electron chi connectivity index (χ3n) is 1.82. The summed E-state index contributed by atoms with van der Waals surface area (Å²) in [4.78, 5) is 10.3.